The van der Waals surface area contributed by atoms with Crippen molar-refractivity contribution in [2.75, 3.05) is 5.34 Å². The van der Waals surface area contributed by atoms with Gasteiger partial charge in [0.25, 0.3) is 0 Å². The van der Waals surface area contributed by atoms with Crippen LogP contribution in [-0.4, -0.2) is 61.8 Å². The molecule has 12 nitrogen and oxygen atoms in total. The van der Waals surface area contributed by atoms with E-state index in [0.29, 0.717) is 10.0 Å². The molecular weight excluding hydrogens is 1130 g/mol. The molecule has 0 radical (unpaired) electrons. The maximum absolute atomic E-state index is 12.7. The van der Waals surface area contributed by atoms with Crippen molar-refractivity contribution in [1.29, 1.82) is 0 Å². The van der Waals surface area contributed by atoms with Crippen LogP contribution in [0.25, 0.3) is 50.3 Å². The van der Waals surface area contributed by atoms with Crippen LogP contribution in [-0.2, 0) is 20.6 Å². The predicted molar refractivity (Wildman–Crippen MR) is 327 cm³/mol. The van der Waals surface area contributed by atoms with E-state index in [2.05, 4.69) is 67.9 Å². The lowest BCUT2D eigenvalue weighted by molar-refractivity contribution is 0.595. The van der Waals surface area contributed by atoms with Gasteiger partial charge in [-0.25, -0.2) is 41.1 Å². The van der Waals surface area contributed by atoms with Gasteiger partial charge in [0, 0.05) is 61.2 Å². The van der Waals surface area contributed by atoms with Gasteiger partial charge in [-0.1, -0.05) is 108 Å². The van der Waals surface area contributed by atoms with Gasteiger partial charge in [-0.3, -0.25) is 0 Å². The number of sulfone groups is 1. The topological polar surface area (TPSA) is 142 Å². The Morgan fingerprint density at radius 1 is 0.526 bits per heavy atom. The molecule has 1 atom stereocenters. The lowest BCUT2D eigenvalue weighted by Gasteiger charge is -2.00. The Morgan fingerprint density at radius 3 is 1.40 bits per heavy atom. The second kappa shape index (κ2) is 30.1. The summed E-state index contributed by atoms with van der Waals surface area (Å²) in [5, 5.41) is 19.1. The average Bonchev–Trinajstić information content (AvgIpc) is 4.37. The van der Waals surface area contributed by atoms with E-state index in [-0.39, 0.29) is 14.6 Å². The maximum Gasteiger partial charge on any atom is 0.233 e. The number of fused-ring (bicyclic) bond motifs is 3. The van der Waals surface area contributed by atoms with Crippen LogP contribution < -0.4 is 0 Å². The minimum Gasteiger partial charge on any atom is -0.247 e. The van der Waals surface area contributed by atoms with Crippen molar-refractivity contribution in [1.82, 2.24) is 43.8 Å². The normalized spacial score (nSPS) is 11.0. The Kier molecular flexibility index (Phi) is 23.5. The van der Waals surface area contributed by atoms with Gasteiger partial charge >= 0.3 is 0 Å². The lowest BCUT2D eigenvalue weighted by atomic mass is 10.2. The van der Waals surface area contributed by atoms with Crippen LogP contribution in [0, 0.1) is 20.8 Å². The summed E-state index contributed by atoms with van der Waals surface area (Å²) in [7, 11) is -4.84. The van der Waals surface area contributed by atoms with Gasteiger partial charge < -0.3 is 0 Å². The molecule has 12 aromatic rings. The zero-order valence-corrected chi connectivity index (χ0v) is 50.9. The summed E-state index contributed by atoms with van der Waals surface area (Å²) in [4.78, 5) is 15.9. The van der Waals surface area contributed by atoms with Crippen LogP contribution in [0.2, 0.25) is 0 Å². The Morgan fingerprint density at radius 2 is 0.923 bits per heavy atom. The Bertz CT molecular complexity index is 3900. The standard InChI is InChI=1S/C17H13N3O2S2.C17H13N3OS2.C17H13N3S2.3C2H6.CH2Cl2/c1-12-7-8-20-16(9-12)14(10-18-20)15-11-23-17(19-15)24(21,22)13-5-3-2-4-6-13;1-12-7-8-20-16(9-12)14(10-18-20)15-11-22-17(19-15)23(21)13-5-3-2-4-6-13;1-12-7-8-20-16(9-12)14(10-18-20)15-11-21-17(19-15)22-13-5-3-2-4-6-13;3*1-2;2-1-3/h2-11H,1H3;2-11H,1H3;2-11H,1H3;3*1-2H3;1H2. The fraction of sp³-hybridized carbons (Fsp3) is 0.172. The fourth-order valence-electron chi connectivity index (χ4n) is 7.18. The average molecular weight is 1190 g/mol. The first-order valence-electron chi connectivity index (χ1n) is 24.8. The predicted octanol–water partition coefficient (Wildman–Crippen LogP) is 16.9. The summed E-state index contributed by atoms with van der Waals surface area (Å²) in [6, 6.07) is 40.3. The number of benzene rings is 3. The van der Waals surface area contributed by atoms with Gasteiger partial charge in [-0.2, -0.15) is 15.3 Å². The smallest absolute Gasteiger partial charge is 0.233 e. The number of alkyl halides is 2. The number of hydrogen-bond donors (Lipinski definition) is 0. The molecule has 20 heteroatoms. The van der Waals surface area contributed by atoms with Gasteiger partial charge in [0.2, 0.25) is 14.2 Å². The number of pyridine rings is 3. The first kappa shape index (κ1) is 60.9. The van der Waals surface area contributed by atoms with Gasteiger partial charge in [0.05, 0.1) is 62.5 Å². The van der Waals surface area contributed by atoms with E-state index in [4.69, 9.17) is 28.2 Å². The molecule has 12 rings (SSSR count). The summed E-state index contributed by atoms with van der Waals surface area (Å²) in [6.45, 7) is 18.1. The highest BCUT2D eigenvalue weighted by molar-refractivity contribution is 8.01. The zero-order valence-electron chi connectivity index (χ0n) is 44.5. The van der Waals surface area contributed by atoms with Crippen molar-refractivity contribution < 1.29 is 12.6 Å². The molecule has 0 aliphatic heterocycles. The lowest BCUT2D eigenvalue weighted by Crippen LogP contribution is -2.01. The number of thiazole rings is 3. The van der Waals surface area contributed by atoms with Crippen LogP contribution >= 0.6 is 69.0 Å². The van der Waals surface area contributed by atoms with E-state index in [1.54, 1.807) is 75.7 Å². The van der Waals surface area contributed by atoms with Gasteiger partial charge in [0.15, 0.2) is 8.68 Å². The molecule has 0 N–H and O–H groups in total. The molecule has 1 unspecified atom stereocenters. The first-order valence-corrected chi connectivity index (χ1v) is 32.0. The molecule has 9 aromatic heterocycles. The summed E-state index contributed by atoms with van der Waals surface area (Å²) >= 11 is 15.4. The largest absolute Gasteiger partial charge is 0.247 e. The molecule has 0 aliphatic rings. The van der Waals surface area contributed by atoms with E-state index >= 15 is 0 Å². The Labute approximate surface area is 485 Å². The number of halogens is 2. The molecule has 78 heavy (non-hydrogen) atoms. The summed E-state index contributed by atoms with van der Waals surface area (Å²) in [5.41, 5.74) is 11.8. The number of aryl methyl sites for hydroxylation is 3. The van der Waals surface area contributed by atoms with E-state index in [9.17, 15) is 12.6 Å². The highest BCUT2D eigenvalue weighted by Crippen LogP contribution is 2.35. The molecule has 404 valence electrons. The van der Waals surface area contributed by atoms with Crippen LogP contribution in [0.4, 0.5) is 0 Å². The van der Waals surface area contributed by atoms with Crippen molar-refractivity contribution in [3.63, 3.8) is 0 Å². The summed E-state index contributed by atoms with van der Waals surface area (Å²) < 4.78 is 45.1. The highest BCUT2D eigenvalue weighted by Gasteiger charge is 2.23. The molecule has 0 aliphatic carbocycles. The molecule has 0 bridgehead atoms. The van der Waals surface area contributed by atoms with Crippen molar-refractivity contribution in [2.45, 2.75) is 90.0 Å². The molecule has 0 saturated carbocycles. The number of nitrogens with zero attached hydrogens (tertiary/aromatic N) is 9. The molecule has 0 spiro atoms. The number of hydrogen-bond acceptors (Lipinski definition) is 13. The highest BCUT2D eigenvalue weighted by atomic mass is 35.5. The molecule has 0 amide bonds. The second-order valence-corrected chi connectivity index (χ2v) is 24.2. The Balaban J connectivity index is 0.000000176. The van der Waals surface area contributed by atoms with Crippen LogP contribution in [0.5, 0.6) is 0 Å². The minimum atomic E-state index is -3.59. The van der Waals surface area contributed by atoms with Crippen LogP contribution in [0.1, 0.15) is 58.2 Å². The SMILES string of the molecule is CC.CC.CC.Cc1ccn2ncc(-c3csc(S(=O)(=O)c4ccccc4)n3)c2c1.Cc1ccn2ncc(-c3csc(S(=O)c4ccccc4)n3)c2c1.Cc1ccn2ncc(-c3csc(Sc4ccccc4)n3)c2c1.ClCCl. The van der Waals surface area contributed by atoms with Gasteiger partial charge in [-0.15, -0.1) is 57.2 Å². The van der Waals surface area contributed by atoms with E-state index < -0.39 is 20.6 Å². The van der Waals surface area contributed by atoms with Crippen LogP contribution in [0.3, 0.4) is 0 Å². The minimum absolute atomic E-state index is 0.0932. The van der Waals surface area contributed by atoms with E-state index in [1.807, 2.05) is 161 Å². The fourth-order valence-corrected chi connectivity index (χ4v) is 13.5. The molecule has 0 fully saturated rings. The monoisotopic (exact) mass is 1190 g/mol. The molecule has 9 heterocycles. The first-order chi connectivity index (χ1) is 38.0. The Hall–Kier alpha value is -6.35. The van der Waals surface area contributed by atoms with Crippen molar-refractivity contribution in [3.05, 3.63) is 197 Å². The van der Waals surface area contributed by atoms with Crippen molar-refractivity contribution >= 4 is 106 Å². The van der Waals surface area contributed by atoms with Crippen molar-refractivity contribution in [2.24, 2.45) is 0 Å². The second-order valence-electron chi connectivity index (χ2n) is 15.7. The maximum atomic E-state index is 12.7. The van der Waals surface area contributed by atoms with Gasteiger partial charge in [-0.05, 0) is 110 Å². The molecule has 0 saturated heterocycles. The zero-order chi connectivity index (χ0) is 56.2. The summed E-state index contributed by atoms with van der Waals surface area (Å²) in [5.74, 6) is 0. The third-order valence-corrected chi connectivity index (χ3v) is 18.1. The van der Waals surface area contributed by atoms with E-state index in [0.717, 1.165) is 70.8 Å². The third kappa shape index (κ3) is 15.3. The van der Waals surface area contributed by atoms with E-state index in [1.165, 1.54) is 27.4 Å². The summed E-state index contributed by atoms with van der Waals surface area (Å²) in [6.07, 6.45) is 11.2. The third-order valence-electron chi connectivity index (χ3n) is 10.7. The molecule has 3 aromatic carbocycles. The quantitative estimate of drug-likeness (QED) is 0.128. The number of aromatic nitrogens is 9. The van der Waals surface area contributed by atoms with Crippen molar-refractivity contribution in [3.8, 4) is 33.8 Å². The number of rotatable bonds is 9. The van der Waals surface area contributed by atoms with Gasteiger partial charge in [0.1, 0.15) is 10.8 Å². The van der Waals surface area contributed by atoms with Crippen LogP contribution in [0.15, 0.2) is 208 Å². The molecular formula is C58H59Cl2N9O3S6.